The number of aromatic hydroxyl groups is 1. The normalized spacial score (nSPS) is 27.6. The van der Waals surface area contributed by atoms with Crippen molar-refractivity contribution in [3.63, 3.8) is 0 Å². The lowest BCUT2D eigenvalue weighted by Gasteiger charge is -2.35. The Kier molecular flexibility index (Phi) is 8.12. The van der Waals surface area contributed by atoms with E-state index < -0.39 is 58.2 Å². The molecule has 0 saturated heterocycles. The standard InChI is InChI=1S/C31H37NO9/c1-6-16-7-9-18(33)20(14-30(3,4)40)41-29(39)31(5)12-11-21(35)32-25-24(31)28(38)22-17(27(25)37)13-15(2)26(36)23(22)19(34)10-8-16/h7,9,13,16,18,20,33,36,40H,6,8,10-12,14H2,1-5H3,(H,32,35)/t16?,18-,20?,31-/m0/s1. The fourth-order valence-corrected chi connectivity index (χ4v) is 5.79. The second-order valence-corrected chi connectivity index (χ2v) is 12.1. The van der Waals surface area contributed by atoms with Gasteiger partial charge in [-0.05, 0) is 64.5 Å². The van der Waals surface area contributed by atoms with Gasteiger partial charge in [0.2, 0.25) is 11.7 Å². The monoisotopic (exact) mass is 567 g/mol. The summed E-state index contributed by atoms with van der Waals surface area (Å²) in [6.07, 6.45) is 0.922. The number of benzene rings is 1. The van der Waals surface area contributed by atoms with Crippen LogP contribution in [0.5, 0.6) is 5.75 Å². The number of rotatable bonds is 3. The van der Waals surface area contributed by atoms with E-state index in [9.17, 15) is 39.3 Å². The van der Waals surface area contributed by atoms with Gasteiger partial charge in [0.15, 0.2) is 11.6 Å². The molecule has 0 radical (unpaired) electrons. The van der Waals surface area contributed by atoms with E-state index >= 15 is 0 Å². The Bertz CT molecular complexity index is 1400. The number of esters is 1. The number of amides is 1. The number of phenols is 1. The van der Waals surface area contributed by atoms with Gasteiger partial charge in [-0.2, -0.15) is 0 Å². The van der Waals surface area contributed by atoms with E-state index in [0.29, 0.717) is 12.8 Å². The summed E-state index contributed by atoms with van der Waals surface area (Å²) in [5.74, 6) is -4.29. The van der Waals surface area contributed by atoms with Crippen LogP contribution in [0.15, 0.2) is 29.5 Å². The van der Waals surface area contributed by atoms with Crippen molar-refractivity contribution < 1.29 is 44.0 Å². The molecular formula is C31H37NO9. The smallest absolute Gasteiger partial charge is 0.316 e. The Labute approximate surface area is 238 Å². The number of allylic oxidation sites excluding steroid dienone is 2. The molecule has 0 saturated carbocycles. The van der Waals surface area contributed by atoms with Crippen LogP contribution in [0, 0.1) is 18.3 Å². The third-order valence-corrected chi connectivity index (χ3v) is 8.25. The van der Waals surface area contributed by atoms with Crippen molar-refractivity contribution in [2.75, 3.05) is 0 Å². The van der Waals surface area contributed by atoms with Crippen molar-refractivity contribution in [1.82, 2.24) is 5.32 Å². The van der Waals surface area contributed by atoms with Crippen molar-refractivity contribution in [2.24, 2.45) is 11.3 Å². The minimum absolute atomic E-state index is 0.0632. The highest BCUT2D eigenvalue weighted by molar-refractivity contribution is 6.32. The van der Waals surface area contributed by atoms with Crippen LogP contribution in [0.2, 0.25) is 0 Å². The fraction of sp³-hybridized carbons (Fsp3) is 0.516. The van der Waals surface area contributed by atoms with Gasteiger partial charge in [-0.1, -0.05) is 19.1 Å². The van der Waals surface area contributed by atoms with E-state index in [1.165, 1.54) is 39.8 Å². The number of phenolic OH excluding ortho intramolecular Hbond substituents is 1. The molecule has 10 nitrogen and oxygen atoms in total. The molecule has 2 bridgehead atoms. The van der Waals surface area contributed by atoms with Crippen LogP contribution in [-0.2, 0) is 14.3 Å². The van der Waals surface area contributed by atoms with Gasteiger partial charge in [0, 0.05) is 36.0 Å². The number of carbonyl (C=O) groups excluding carboxylic acids is 5. The van der Waals surface area contributed by atoms with Crippen LogP contribution in [0.25, 0.3) is 0 Å². The molecule has 41 heavy (non-hydrogen) atoms. The van der Waals surface area contributed by atoms with E-state index in [1.54, 1.807) is 6.08 Å². The molecule has 4 rings (SSSR count). The zero-order valence-corrected chi connectivity index (χ0v) is 24.0. The summed E-state index contributed by atoms with van der Waals surface area (Å²) in [5, 5.41) is 35.0. The van der Waals surface area contributed by atoms with Gasteiger partial charge in [0.05, 0.1) is 22.3 Å². The van der Waals surface area contributed by atoms with Crippen molar-refractivity contribution in [3.05, 3.63) is 51.7 Å². The highest BCUT2D eigenvalue weighted by Gasteiger charge is 2.52. The molecule has 1 aliphatic carbocycles. The topological polar surface area (TPSA) is 167 Å². The third kappa shape index (κ3) is 5.63. The van der Waals surface area contributed by atoms with E-state index in [-0.39, 0.29) is 65.1 Å². The first-order chi connectivity index (χ1) is 19.1. The summed E-state index contributed by atoms with van der Waals surface area (Å²) in [5.41, 5.74) is -4.41. The second kappa shape index (κ2) is 11.0. The van der Waals surface area contributed by atoms with E-state index in [0.717, 1.165) is 0 Å². The average Bonchev–Trinajstić information content (AvgIpc) is 3.03. The molecule has 0 spiro atoms. The molecule has 4 atom stereocenters. The summed E-state index contributed by atoms with van der Waals surface area (Å²) < 4.78 is 5.80. The lowest BCUT2D eigenvalue weighted by atomic mass is 9.69. The van der Waals surface area contributed by atoms with Crippen LogP contribution >= 0.6 is 0 Å². The zero-order valence-electron chi connectivity index (χ0n) is 24.0. The van der Waals surface area contributed by atoms with Gasteiger partial charge in [-0.3, -0.25) is 24.0 Å². The second-order valence-electron chi connectivity index (χ2n) is 12.1. The number of nitrogens with one attached hydrogen (secondary N) is 1. The highest BCUT2D eigenvalue weighted by atomic mass is 16.6. The predicted molar refractivity (Wildman–Crippen MR) is 147 cm³/mol. The Morgan fingerprint density at radius 3 is 2.39 bits per heavy atom. The van der Waals surface area contributed by atoms with Gasteiger partial charge in [0.1, 0.15) is 18.0 Å². The van der Waals surface area contributed by atoms with Crippen molar-refractivity contribution in [2.45, 2.75) is 91.0 Å². The largest absolute Gasteiger partial charge is 0.507 e. The summed E-state index contributed by atoms with van der Waals surface area (Å²) in [6.45, 7) is 7.79. The van der Waals surface area contributed by atoms with Crippen LogP contribution in [0.1, 0.15) is 103 Å². The maximum atomic E-state index is 14.3. The van der Waals surface area contributed by atoms with E-state index in [1.807, 2.05) is 6.92 Å². The third-order valence-electron chi connectivity index (χ3n) is 8.25. The van der Waals surface area contributed by atoms with Gasteiger partial charge in [-0.25, -0.2) is 0 Å². The zero-order chi connectivity index (χ0) is 30.4. The molecule has 2 unspecified atom stereocenters. The van der Waals surface area contributed by atoms with Gasteiger partial charge >= 0.3 is 5.97 Å². The predicted octanol–water partition coefficient (Wildman–Crippen LogP) is 3.24. The van der Waals surface area contributed by atoms with Crippen LogP contribution < -0.4 is 5.32 Å². The highest BCUT2D eigenvalue weighted by Crippen LogP contribution is 2.45. The molecule has 0 fully saturated rings. The first-order valence-corrected chi connectivity index (χ1v) is 13.9. The SMILES string of the molecule is CCC1C=C[C@H](O)C(CC(C)(C)O)OC(=O)[C@@]2(C)CCC(=O)NC3=C2C(=O)c2c(cc(C)c(O)c2C(=O)CC1)C3=O. The number of Topliss-reactive ketones (excluding diaryl/α,β-unsaturated/α-hetero) is 3. The first kappa shape index (κ1) is 30.3. The Morgan fingerprint density at radius 1 is 1.07 bits per heavy atom. The average molecular weight is 568 g/mol. The quantitative estimate of drug-likeness (QED) is 0.317. The number of cyclic esters (lactones) is 1. The van der Waals surface area contributed by atoms with Gasteiger partial charge in [0.25, 0.3) is 0 Å². The maximum absolute atomic E-state index is 14.3. The molecule has 2 aliphatic heterocycles. The Balaban J connectivity index is 1.99. The molecule has 1 aromatic carbocycles. The number of hydrogen-bond donors (Lipinski definition) is 4. The first-order valence-electron chi connectivity index (χ1n) is 13.9. The minimum Gasteiger partial charge on any atom is -0.507 e. The molecule has 220 valence electrons. The van der Waals surface area contributed by atoms with Crippen molar-refractivity contribution in [1.29, 1.82) is 0 Å². The number of aryl methyl sites for hydroxylation is 1. The Hall–Kier alpha value is -3.63. The molecule has 3 aliphatic rings. The van der Waals surface area contributed by atoms with Crippen LogP contribution in [-0.4, -0.2) is 62.4 Å². The van der Waals surface area contributed by atoms with Crippen molar-refractivity contribution in [3.8, 4) is 5.75 Å². The molecule has 0 aromatic heterocycles. The number of ether oxygens (including phenoxy) is 1. The van der Waals surface area contributed by atoms with Crippen LogP contribution in [0.4, 0.5) is 0 Å². The fourth-order valence-electron chi connectivity index (χ4n) is 5.79. The molecule has 1 amide bonds. The lowest BCUT2D eigenvalue weighted by Crippen LogP contribution is -2.44. The lowest BCUT2D eigenvalue weighted by molar-refractivity contribution is -0.166. The number of aliphatic hydroxyl groups is 2. The summed E-state index contributed by atoms with van der Waals surface area (Å²) >= 11 is 0. The van der Waals surface area contributed by atoms with Gasteiger partial charge < -0.3 is 25.4 Å². The Morgan fingerprint density at radius 2 is 1.76 bits per heavy atom. The van der Waals surface area contributed by atoms with Gasteiger partial charge in [-0.15, -0.1) is 0 Å². The number of aliphatic hydroxyl groups excluding tert-OH is 1. The molecular weight excluding hydrogens is 530 g/mol. The molecule has 2 heterocycles. The molecule has 4 N–H and O–H groups in total. The van der Waals surface area contributed by atoms with Crippen molar-refractivity contribution >= 4 is 29.2 Å². The molecule has 1 aromatic rings. The summed E-state index contributed by atoms with van der Waals surface area (Å²) in [7, 11) is 0. The van der Waals surface area contributed by atoms with E-state index in [4.69, 9.17) is 4.74 Å². The summed E-state index contributed by atoms with van der Waals surface area (Å²) in [6, 6.07) is 1.31. The molecule has 10 heteroatoms. The maximum Gasteiger partial charge on any atom is 0.316 e. The summed E-state index contributed by atoms with van der Waals surface area (Å²) in [4.78, 5) is 68.4. The van der Waals surface area contributed by atoms with E-state index in [2.05, 4.69) is 5.32 Å². The number of ketones is 3. The van der Waals surface area contributed by atoms with Crippen LogP contribution in [0.3, 0.4) is 0 Å². The number of carbonyl (C=O) groups is 5. The number of hydrogen-bond acceptors (Lipinski definition) is 9. The minimum atomic E-state index is -1.84.